The van der Waals surface area contributed by atoms with Crippen molar-refractivity contribution in [2.75, 3.05) is 6.61 Å². The van der Waals surface area contributed by atoms with Crippen LogP contribution in [0.3, 0.4) is 0 Å². The Balaban J connectivity index is 3.36. The second-order valence-electron chi connectivity index (χ2n) is 9.07. The summed E-state index contributed by atoms with van der Waals surface area (Å²) in [6, 6.07) is 0. The van der Waals surface area contributed by atoms with E-state index in [-0.39, 0.29) is 6.61 Å². The molecular formula is C33H48O3. The molecule has 198 valence electrons. The lowest BCUT2D eigenvalue weighted by Crippen LogP contribution is -2.01. The summed E-state index contributed by atoms with van der Waals surface area (Å²) in [6.45, 7) is -0.192. The molecule has 0 fully saturated rings. The number of unbranched alkanes of at least 4 members (excludes halogenated alkanes) is 15. The highest BCUT2D eigenvalue weighted by molar-refractivity contribution is 5.27. The van der Waals surface area contributed by atoms with Crippen LogP contribution in [0.25, 0.3) is 0 Å². The molecule has 36 heavy (non-hydrogen) atoms. The quantitative estimate of drug-likeness (QED) is 0.104. The lowest BCUT2D eigenvalue weighted by molar-refractivity contribution is 0.217. The molecule has 0 aliphatic rings. The molecule has 0 aliphatic heterocycles. The maximum Gasteiger partial charge on any atom is 0.133 e. The predicted octanol–water partition coefficient (Wildman–Crippen LogP) is 6.48. The summed E-state index contributed by atoms with van der Waals surface area (Å²) >= 11 is 0. The lowest BCUT2D eigenvalue weighted by atomic mass is 10.0. The molecule has 0 heterocycles. The highest BCUT2D eigenvalue weighted by Crippen LogP contribution is 2.12. The SMILES string of the molecule is C#C[C@@H](O)C=CCCCCCCCC#CC=CCCCCCCCCCCC[C@H](O)C#CC#CCO. The number of hydrogen-bond donors (Lipinski definition) is 3. The van der Waals surface area contributed by atoms with Gasteiger partial charge in [-0.15, -0.1) is 6.42 Å². The maximum absolute atomic E-state index is 9.71. The third kappa shape index (κ3) is 27.8. The van der Waals surface area contributed by atoms with E-state index in [0.717, 1.165) is 38.5 Å². The number of aliphatic hydroxyl groups excluding tert-OH is 3. The summed E-state index contributed by atoms with van der Waals surface area (Å²) in [4.78, 5) is 0. The Kier molecular flexibility index (Phi) is 26.9. The summed E-state index contributed by atoms with van der Waals surface area (Å²) in [5.74, 6) is 18.9. The number of aliphatic hydroxyl groups is 3. The van der Waals surface area contributed by atoms with Gasteiger partial charge in [0.1, 0.15) is 18.8 Å². The molecule has 0 rings (SSSR count). The molecule has 0 aromatic heterocycles. The molecule has 3 heteroatoms. The Morgan fingerprint density at radius 1 is 0.667 bits per heavy atom. The third-order valence-corrected chi connectivity index (χ3v) is 5.78. The summed E-state index contributed by atoms with van der Waals surface area (Å²) in [7, 11) is 0. The Labute approximate surface area is 221 Å². The van der Waals surface area contributed by atoms with Crippen molar-refractivity contribution in [3.05, 3.63) is 24.3 Å². The summed E-state index contributed by atoms with van der Waals surface area (Å²) < 4.78 is 0. The Morgan fingerprint density at radius 2 is 1.25 bits per heavy atom. The van der Waals surface area contributed by atoms with E-state index in [9.17, 15) is 10.2 Å². The Morgan fingerprint density at radius 3 is 1.89 bits per heavy atom. The average Bonchev–Trinajstić information content (AvgIpc) is 2.88. The second-order valence-corrected chi connectivity index (χ2v) is 9.07. The first-order chi connectivity index (χ1) is 17.7. The number of allylic oxidation sites excluding steroid dienone is 3. The Bertz CT molecular complexity index is 782. The summed E-state index contributed by atoms with van der Waals surface area (Å²) in [5, 5.41) is 27.4. The molecule has 0 unspecified atom stereocenters. The second kappa shape index (κ2) is 28.8. The van der Waals surface area contributed by atoms with E-state index in [1.165, 1.54) is 70.6 Å². The smallest absolute Gasteiger partial charge is 0.133 e. The van der Waals surface area contributed by atoms with Crippen LogP contribution in [0.5, 0.6) is 0 Å². The van der Waals surface area contributed by atoms with Crippen LogP contribution < -0.4 is 0 Å². The molecule has 0 radical (unpaired) electrons. The molecule has 2 atom stereocenters. The van der Waals surface area contributed by atoms with Gasteiger partial charge >= 0.3 is 0 Å². The number of rotatable bonds is 20. The van der Waals surface area contributed by atoms with Gasteiger partial charge in [0.05, 0.1) is 0 Å². The van der Waals surface area contributed by atoms with Crippen molar-refractivity contribution in [2.24, 2.45) is 0 Å². The molecule has 0 saturated heterocycles. The Hall–Kier alpha value is -2.40. The standard InChI is InChI=1S/C33H48O3/c1-2-32(35)28-24-21-19-17-15-13-11-9-7-5-3-4-6-8-10-12-14-16-18-20-22-25-29-33(36)30-26-23-27-31-34/h1,3-4,24,28,32-36H,6,8-22,25,29,31H2/t32-,33+/m1/s1. The average molecular weight is 493 g/mol. The van der Waals surface area contributed by atoms with Crippen LogP contribution in [0.2, 0.25) is 0 Å². The molecule has 0 aromatic rings. The van der Waals surface area contributed by atoms with Crippen molar-refractivity contribution in [2.45, 2.75) is 128 Å². The zero-order valence-electron chi connectivity index (χ0n) is 22.3. The summed E-state index contributed by atoms with van der Waals surface area (Å²) in [6.07, 6.45) is 32.5. The van der Waals surface area contributed by atoms with Gasteiger partial charge in [-0.1, -0.05) is 106 Å². The zero-order chi connectivity index (χ0) is 26.4. The van der Waals surface area contributed by atoms with Gasteiger partial charge in [0.15, 0.2) is 0 Å². The predicted molar refractivity (Wildman–Crippen MR) is 153 cm³/mol. The highest BCUT2D eigenvalue weighted by Gasteiger charge is 1.99. The first-order valence-electron chi connectivity index (χ1n) is 13.9. The van der Waals surface area contributed by atoms with Crippen LogP contribution in [0.4, 0.5) is 0 Å². The van der Waals surface area contributed by atoms with Gasteiger partial charge in [-0.2, -0.15) is 0 Å². The fourth-order valence-corrected chi connectivity index (χ4v) is 3.67. The van der Waals surface area contributed by atoms with E-state index >= 15 is 0 Å². The molecular weight excluding hydrogens is 444 g/mol. The normalized spacial score (nSPS) is 12.2. The molecule has 3 N–H and O–H groups in total. The van der Waals surface area contributed by atoms with Crippen LogP contribution in [-0.2, 0) is 0 Å². The minimum Gasteiger partial charge on any atom is -0.384 e. The first kappa shape index (κ1) is 33.6. The van der Waals surface area contributed by atoms with Crippen molar-refractivity contribution < 1.29 is 15.3 Å². The third-order valence-electron chi connectivity index (χ3n) is 5.78. The minimum atomic E-state index is -0.740. The molecule has 3 nitrogen and oxygen atoms in total. The maximum atomic E-state index is 9.71. The van der Waals surface area contributed by atoms with Gasteiger partial charge in [0.2, 0.25) is 0 Å². The van der Waals surface area contributed by atoms with Gasteiger partial charge in [0, 0.05) is 6.42 Å². The van der Waals surface area contributed by atoms with Gasteiger partial charge in [-0.25, -0.2) is 0 Å². The van der Waals surface area contributed by atoms with E-state index in [2.05, 4.69) is 47.5 Å². The van der Waals surface area contributed by atoms with Crippen molar-refractivity contribution in [1.29, 1.82) is 0 Å². The largest absolute Gasteiger partial charge is 0.384 e. The van der Waals surface area contributed by atoms with E-state index in [0.29, 0.717) is 6.42 Å². The van der Waals surface area contributed by atoms with Crippen LogP contribution in [0.1, 0.15) is 116 Å². The van der Waals surface area contributed by atoms with E-state index in [1.54, 1.807) is 6.08 Å². The first-order valence-corrected chi connectivity index (χ1v) is 13.9. The van der Waals surface area contributed by atoms with Gasteiger partial charge in [-0.3, -0.25) is 0 Å². The minimum absolute atomic E-state index is 0.192. The van der Waals surface area contributed by atoms with Crippen molar-refractivity contribution in [1.82, 2.24) is 0 Å². The van der Waals surface area contributed by atoms with Crippen molar-refractivity contribution >= 4 is 0 Å². The van der Waals surface area contributed by atoms with Crippen LogP contribution in [0, 0.1) is 47.9 Å². The summed E-state index contributed by atoms with van der Waals surface area (Å²) in [5.41, 5.74) is 0. The molecule has 0 saturated carbocycles. The van der Waals surface area contributed by atoms with Gasteiger partial charge < -0.3 is 15.3 Å². The van der Waals surface area contributed by atoms with Crippen LogP contribution in [0.15, 0.2) is 24.3 Å². The van der Waals surface area contributed by atoms with E-state index in [4.69, 9.17) is 11.5 Å². The molecule has 0 spiro atoms. The topological polar surface area (TPSA) is 60.7 Å². The molecule has 0 bridgehead atoms. The number of terminal acetylenes is 1. The highest BCUT2D eigenvalue weighted by atomic mass is 16.3. The monoisotopic (exact) mass is 492 g/mol. The van der Waals surface area contributed by atoms with Gasteiger partial charge in [-0.05, 0) is 68.9 Å². The fraction of sp³-hybridized carbons (Fsp3) is 0.636. The van der Waals surface area contributed by atoms with E-state index in [1.807, 2.05) is 12.2 Å². The molecule has 0 aromatic carbocycles. The molecule has 0 aliphatic carbocycles. The van der Waals surface area contributed by atoms with Crippen molar-refractivity contribution in [3.63, 3.8) is 0 Å². The zero-order valence-corrected chi connectivity index (χ0v) is 22.3. The fourth-order valence-electron chi connectivity index (χ4n) is 3.67. The van der Waals surface area contributed by atoms with Crippen molar-refractivity contribution in [3.8, 4) is 47.9 Å². The number of hydrogen-bond acceptors (Lipinski definition) is 3. The van der Waals surface area contributed by atoms with E-state index < -0.39 is 12.2 Å². The lowest BCUT2D eigenvalue weighted by Gasteiger charge is -2.04. The van der Waals surface area contributed by atoms with Gasteiger partial charge in [0.25, 0.3) is 0 Å². The van der Waals surface area contributed by atoms with Crippen LogP contribution >= 0.6 is 0 Å². The van der Waals surface area contributed by atoms with Crippen LogP contribution in [-0.4, -0.2) is 34.1 Å². The molecule has 0 amide bonds.